The monoisotopic (exact) mass is 155 g/mol. The largest absolute Gasteiger partial charge is 0.412 e. The molecule has 10 heavy (non-hydrogen) atoms. The minimum atomic E-state index is 0. The van der Waals surface area contributed by atoms with Crippen molar-refractivity contribution in [3.8, 4) is 0 Å². The van der Waals surface area contributed by atoms with Crippen LogP contribution in [-0.4, -0.2) is 30.9 Å². The first-order valence-electron chi connectivity index (χ1n) is 2.91. The summed E-state index contributed by atoms with van der Waals surface area (Å²) < 4.78 is 0. The Hall–Kier alpha value is -0.200. The van der Waals surface area contributed by atoms with Crippen LogP contribution in [0.3, 0.4) is 0 Å². The predicted molar refractivity (Wildman–Crippen MR) is 38.6 cm³/mol. The van der Waals surface area contributed by atoms with Gasteiger partial charge in [0.15, 0.2) is 0 Å². The fourth-order valence-corrected chi connectivity index (χ4v) is 0.0527. The summed E-state index contributed by atoms with van der Waals surface area (Å²) in [6, 6.07) is 0. The van der Waals surface area contributed by atoms with Crippen LogP contribution in [0.15, 0.2) is 0 Å². The van der Waals surface area contributed by atoms with E-state index in [1.807, 2.05) is 7.05 Å². The van der Waals surface area contributed by atoms with E-state index in [-0.39, 0.29) is 5.48 Å². The van der Waals surface area contributed by atoms with Crippen molar-refractivity contribution >= 4 is 0 Å². The van der Waals surface area contributed by atoms with Gasteiger partial charge in [0.25, 0.3) is 0 Å². The zero-order chi connectivity index (χ0) is 7.54. The van der Waals surface area contributed by atoms with Gasteiger partial charge in [-0.05, 0) is 20.5 Å². The van der Waals surface area contributed by atoms with Crippen LogP contribution in [0.4, 0.5) is 0 Å². The van der Waals surface area contributed by atoms with Gasteiger partial charge in [0.2, 0.25) is 0 Å². The highest BCUT2D eigenvalue weighted by Gasteiger charge is 1.66. The minimum absolute atomic E-state index is 0. The third-order valence-electron chi connectivity index (χ3n) is 0.524. The summed E-state index contributed by atoms with van der Waals surface area (Å²) in [6.45, 7) is 5.22. The van der Waals surface area contributed by atoms with Crippen molar-refractivity contribution in [3.63, 3.8) is 0 Å². The second-order valence-electron chi connectivity index (χ2n) is 1.19. The van der Waals surface area contributed by atoms with Crippen molar-refractivity contribution in [2.75, 3.05) is 20.2 Å². The average molecular weight is 155 g/mol. The van der Waals surface area contributed by atoms with E-state index in [1.54, 1.807) is 6.92 Å². The molecule has 0 unspecified atom stereocenters. The molecule has 0 aliphatic rings. The molecule has 0 aliphatic carbocycles. The van der Waals surface area contributed by atoms with Crippen molar-refractivity contribution in [2.24, 2.45) is 0 Å². The Kier molecular flexibility index (Phi) is 38.1. The SMILES string of the molecule is CCNC.CCOOO.O. The van der Waals surface area contributed by atoms with E-state index in [9.17, 15) is 0 Å². The summed E-state index contributed by atoms with van der Waals surface area (Å²) in [5, 5.41) is 13.5. The van der Waals surface area contributed by atoms with Crippen LogP contribution in [-0.2, 0) is 9.93 Å². The van der Waals surface area contributed by atoms with E-state index < -0.39 is 0 Å². The van der Waals surface area contributed by atoms with Crippen LogP contribution in [0.1, 0.15) is 13.8 Å². The summed E-state index contributed by atoms with van der Waals surface area (Å²) in [5.41, 5.74) is 0. The summed E-state index contributed by atoms with van der Waals surface area (Å²) in [4.78, 5) is 3.89. The lowest BCUT2D eigenvalue weighted by atomic mass is 10.8. The Morgan fingerprint density at radius 1 is 1.40 bits per heavy atom. The van der Waals surface area contributed by atoms with Gasteiger partial charge in [0, 0.05) is 0 Å². The molecule has 0 saturated carbocycles. The Labute approximate surface area is 61.1 Å². The number of nitrogens with one attached hydrogen (secondary N) is 1. The highest BCUT2D eigenvalue weighted by molar-refractivity contribution is 4.15. The Morgan fingerprint density at radius 3 is 1.80 bits per heavy atom. The lowest BCUT2D eigenvalue weighted by Crippen LogP contribution is -2.01. The maximum Gasteiger partial charge on any atom is 0.0825 e. The molecule has 4 N–H and O–H groups in total. The standard InChI is InChI=1S/C3H9N.C2H6O3.H2O/c1-3-4-2;1-2-4-5-3;/h4H,3H2,1-2H3;3H,2H2,1H3;1H2. The number of hydrogen-bond donors (Lipinski definition) is 2. The maximum absolute atomic E-state index is 7.34. The van der Waals surface area contributed by atoms with Gasteiger partial charge in [0.1, 0.15) is 0 Å². The van der Waals surface area contributed by atoms with E-state index in [2.05, 4.69) is 22.2 Å². The van der Waals surface area contributed by atoms with Gasteiger partial charge in [-0.3, -0.25) is 0 Å². The van der Waals surface area contributed by atoms with Crippen LogP contribution in [0.25, 0.3) is 0 Å². The third kappa shape index (κ3) is 46.0. The molecule has 0 spiro atoms. The first kappa shape index (κ1) is 16.4. The van der Waals surface area contributed by atoms with Crippen LogP contribution in [0, 0.1) is 0 Å². The molecule has 5 nitrogen and oxygen atoms in total. The second-order valence-corrected chi connectivity index (χ2v) is 1.19. The molecule has 0 aromatic carbocycles. The quantitative estimate of drug-likeness (QED) is 0.438. The number of hydrogen-bond acceptors (Lipinski definition) is 4. The van der Waals surface area contributed by atoms with Crippen molar-refractivity contribution in [1.29, 1.82) is 0 Å². The highest BCUT2D eigenvalue weighted by atomic mass is 17.5. The maximum atomic E-state index is 7.34. The van der Waals surface area contributed by atoms with Gasteiger partial charge in [-0.15, -0.1) is 0 Å². The predicted octanol–water partition coefficient (Wildman–Crippen LogP) is -0.172. The Balaban J connectivity index is -0.0000000910. The molecule has 0 fully saturated rings. The topological polar surface area (TPSA) is 82.2 Å². The summed E-state index contributed by atoms with van der Waals surface area (Å²) in [6.07, 6.45) is 0. The molecule has 5 heteroatoms. The molecule has 0 rings (SSSR count). The molecule has 0 bridgehead atoms. The Morgan fingerprint density at radius 2 is 1.80 bits per heavy atom. The third-order valence-corrected chi connectivity index (χ3v) is 0.524. The van der Waals surface area contributed by atoms with Crippen LogP contribution >= 0.6 is 0 Å². The molecule has 0 radical (unpaired) electrons. The van der Waals surface area contributed by atoms with Gasteiger partial charge in [-0.25, -0.2) is 10.1 Å². The van der Waals surface area contributed by atoms with E-state index in [0.29, 0.717) is 6.61 Å². The van der Waals surface area contributed by atoms with E-state index in [0.717, 1.165) is 6.54 Å². The first-order chi connectivity index (χ1) is 4.33. The highest BCUT2D eigenvalue weighted by Crippen LogP contribution is 1.64. The molecular weight excluding hydrogens is 138 g/mol. The van der Waals surface area contributed by atoms with E-state index in [4.69, 9.17) is 5.26 Å². The molecule has 0 heterocycles. The molecule has 66 valence electrons. The average Bonchev–Trinajstić information content (AvgIpc) is 1.91. The van der Waals surface area contributed by atoms with Gasteiger partial charge in [0.05, 0.1) is 6.61 Å². The van der Waals surface area contributed by atoms with Crippen LogP contribution < -0.4 is 5.32 Å². The fraction of sp³-hybridized carbons (Fsp3) is 1.00. The normalized spacial score (nSPS) is 7.20. The zero-order valence-corrected chi connectivity index (χ0v) is 6.68. The Bertz CT molecular complexity index is 32.8. The van der Waals surface area contributed by atoms with Gasteiger partial charge < -0.3 is 10.8 Å². The van der Waals surface area contributed by atoms with E-state index >= 15 is 0 Å². The van der Waals surface area contributed by atoms with Crippen molar-refractivity contribution in [1.82, 2.24) is 5.32 Å². The van der Waals surface area contributed by atoms with Gasteiger partial charge in [-0.1, -0.05) is 12.0 Å². The smallest absolute Gasteiger partial charge is 0.0825 e. The lowest BCUT2D eigenvalue weighted by molar-refractivity contribution is -0.489. The first-order valence-corrected chi connectivity index (χ1v) is 2.91. The molecule has 0 amide bonds. The second kappa shape index (κ2) is 23.2. The lowest BCUT2D eigenvalue weighted by Gasteiger charge is -1.83. The summed E-state index contributed by atoms with van der Waals surface area (Å²) >= 11 is 0. The zero-order valence-electron chi connectivity index (χ0n) is 6.68. The minimum Gasteiger partial charge on any atom is -0.412 e. The van der Waals surface area contributed by atoms with Crippen LogP contribution in [0.2, 0.25) is 0 Å². The van der Waals surface area contributed by atoms with Crippen molar-refractivity contribution < 1.29 is 20.7 Å². The van der Waals surface area contributed by atoms with E-state index in [1.165, 1.54) is 0 Å². The molecule has 0 aromatic rings. The number of rotatable bonds is 3. The molecule has 0 atom stereocenters. The molecule has 0 aliphatic heterocycles. The molecular formula is C5H17NO4. The molecule has 0 aromatic heterocycles. The fourth-order valence-electron chi connectivity index (χ4n) is 0.0527. The van der Waals surface area contributed by atoms with Crippen LogP contribution in [0.5, 0.6) is 0 Å². The van der Waals surface area contributed by atoms with Crippen molar-refractivity contribution in [3.05, 3.63) is 0 Å². The summed E-state index contributed by atoms with van der Waals surface area (Å²) in [7, 11) is 1.93. The van der Waals surface area contributed by atoms with Crippen molar-refractivity contribution in [2.45, 2.75) is 13.8 Å². The van der Waals surface area contributed by atoms with Gasteiger partial charge >= 0.3 is 0 Å². The summed E-state index contributed by atoms with van der Waals surface area (Å²) in [5.74, 6) is 0. The van der Waals surface area contributed by atoms with Gasteiger partial charge in [-0.2, -0.15) is 0 Å². The molecule has 0 saturated heterocycles.